The van der Waals surface area contributed by atoms with Crippen molar-refractivity contribution in [3.05, 3.63) is 65.0 Å². The number of rotatable bonds is 4. The van der Waals surface area contributed by atoms with Crippen molar-refractivity contribution in [2.24, 2.45) is 0 Å². The van der Waals surface area contributed by atoms with Crippen LogP contribution in [-0.4, -0.2) is 48.9 Å². The lowest BCUT2D eigenvalue weighted by Crippen LogP contribution is -2.40. The summed E-state index contributed by atoms with van der Waals surface area (Å²) >= 11 is 0. The monoisotopic (exact) mass is 436 g/mol. The lowest BCUT2D eigenvalue weighted by atomic mass is 9.94. The highest BCUT2D eigenvalue weighted by molar-refractivity contribution is 6.22. The number of benzene rings is 1. The summed E-state index contributed by atoms with van der Waals surface area (Å²) in [6.45, 7) is 0. The molecular weight excluding hydrogens is 412 g/mol. The van der Waals surface area contributed by atoms with Crippen LogP contribution in [0.15, 0.2) is 53.9 Å². The molecule has 32 heavy (non-hydrogen) atoms. The molecule has 0 atom stereocenters. The molecule has 3 aliphatic rings. The SMILES string of the molecule is COC(=O)C1=C(C(=O)OC)N(c2ccc3c(c2)C(=O)N(C2CCCCC2)C3=O)C=CC=C1. The van der Waals surface area contributed by atoms with E-state index in [2.05, 4.69) is 0 Å². The maximum atomic E-state index is 13.2. The quantitative estimate of drug-likeness (QED) is 0.529. The molecule has 0 unspecified atom stereocenters. The molecule has 1 saturated carbocycles. The largest absolute Gasteiger partial charge is 0.465 e. The molecule has 0 radical (unpaired) electrons. The Kier molecular flexibility index (Phi) is 5.94. The summed E-state index contributed by atoms with van der Waals surface area (Å²) < 4.78 is 9.73. The van der Waals surface area contributed by atoms with Gasteiger partial charge < -0.3 is 14.4 Å². The van der Waals surface area contributed by atoms with E-state index >= 15 is 0 Å². The average molecular weight is 436 g/mol. The van der Waals surface area contributed by atoms with Crippen LogP contribution < -0.4 is 4.90 Å². The fraction of sp³-hybridized carbons (Fsp3) is 0.333. The van der Waals surface area contributed by atoms with E-state index in [1.807, 2.05) is 0 Å². The number of nitrogens with zero attached hydrogens (tertiary/aromatic N) is 2. The molecule has 8 heteroatoms. The molecule has 2 amide bonds. The lowest BCUT2D eigenvalue weighted by Gasteiger charge is -2.29. The van der Waals surface area contributed by atoms with Crippen LogP contribution in [-0.2, 0) is 19.1 Å². The Morgan fingerprint density at radius 1 is 0.906 bits per heavy atom. The van der Waals surface area contributed by atoms with Crippen LogP contribution >= 0.6 is 0 Å². The highest BCUT2D eigenvalue weighted by Crippen LogP contribution is 2.34. The standard InChI is InChI=1S/C24H24N2O6/c1-31-23(29)18-10-6-7-13-25(20(18)24(30)32-2)16-11-12-17-19(14-16)22(28)26(21(17)27)15-8-4-3-5-9-15/h6-7,10-15H,3-5,8-9H2,1-2H3. The summed E-state index contributed by atoms with van der Waals surface area (Å²) in [6.07, 6.45) is 11.0. The number of methoxy groups -OCH3 is 2. The number of fused-ring (bicyclic) bond motifs is 1. The first-order valence-corrected chi connectivity index (χ1v) is 10.5. The number of carbonyl (C=O) groups is 4. The number of anilines is 1. The van der Waals surface area contributed by atoms with E-state index in [9.17, 15) is 19.2 Å². The molecule has 1 aromatic rings. The van der Waals surface area contributed by atoms with Crippen LogP contribution in [0.2, 0.25) is 0 Å². The van der Waals surface area contributed by atoms with Crippen molar-refractivity contribution in [3.63, 3.8) is 0 Å². The number of carbonyl (C=O) groups excluding carboxylic acids is 4. The third-order valence-corrected chi connectivity index (χ3v) is 6.01. The molecule has 0 bridgehead atoms. The van der Waals surface area contributed by atoms with Crippen LogP contribution in [0.1, 0.15) is 52.8 Å². The van der Waals surface area contributed by atoms with Crippen molar-refractivity contribution < 1.29 is 28.7 Å². The van der Waals surface area contributed by atoms with E-state index in [0.29, 0.717) is 11.3 Å². The average Bonchev–Trinajstić information content (AvgIpc) is 2.97. The Hall–Kier alpha value is -3.68. The minimum Gasteiger partial charge on any atom is -0.465 e. The highest BCUT2D eigenvalue weighted by Gasteiger charge is 2.41. The first-order chi connectivity index (χ1) is 15.5. The minimum absolute atomic E-state index is 0.0103. The lowest BCUT2D eigenvalue weighted by molar-refractivity contribution is -0.139. The van der Waals surface area contributed by atoms with Crippen LogP contribution in [0.5, 0.6) is 0 Å². The molecule has 1 aromatic carbocycles. The second-order valence-corrected chi connectivity index (χ2v) is 7.82. The van der Waals surface area contributed by atoms with Crippen LogP contribution in [0, 0.1) is 0 Å². The van der Waals surface area contributed by atoms with Crippen LogP contribution in [0.4, 0.5) is 5.69 Å². The van der Waals surface area contributed by atoms with Gasteiger partial charge in [-0.3, -0.25) is 14.5 Å². The van der Waals surface area contributed by atoms with Crippen LogP contribution in [0.3, 0.4) is 0 Å². The number of hydrogen-bond donors (Lipinski definition) is 0. The summed E-state index contributed by atoms with van der Waals surface area (Å²) in [5, 5.41) is 0. The molecule has 1 aliphatic carbocycles. The van der Waals surface area contributed by atoms with Crippen molar-refractivity contribution >= 4 is 29.4 Å². The topological polar surface area (TPSA) is 93.2 Å². The smallest absolute Gasteiger partial charge is 0.355 e. The number of allylic oxidation sites excluding steroid dienone is 2. The Morgan fingerprint density at radius 3 is 2.28 bits per heavy atom. The van der Waals surface area contributed by atoms with Gasteiger partial charge in [0.1, 0.15) is 5.70 Å². The van der Waals surface area contributed by atoms with Gasteiger partial charge in [0.15, 0.2) is 0 Å². The Balaban J connectivity index is 1.76. The Labute approximate surface area is 185 Å². The maximum Gasteiger partial charge on any atom is 0.355 e. The van der Waals surface area contributed by atoms with Gasteiger partial charge in [-0.25, -0.2) is 9.59 Å². The summed E-state index contributed by atoms with van der Waals surface area (Å²) in [4.78, 5) is 53.9. The van der Waals surface area contributed by atoms with Gasteiger partial charge in [0, 0.05) is 17.9 Å². The molecule has 2 aliphatic heterocycles. The van der Waals surface area contributed by atoms with E-state index in [4.69, 9.17) is 9.47 Å². The zero-order valence-electron chi connectivity index (χ0n) is 18.0. The normalized spacial score (nSPS) is 18.7. The number of hydrogen-bond acceptors (Lipinski definition) is 7. The molecule has 2 heterocycles. The second kappa shape index (κ2) is 8.82. The van der Waals surface area contributed by atoms with Gasteiger partial charge in [-0.1, -0.05) is 25.3 Å². The third kappa shape index (κ3) is 3.62. The summed E-state index contributed by atoms with van der Waals surface area (Å²) in [5.41, 5.74) is 1.03. The predicted octanol–water partition coefficient (Wildman–Crippen LogP) is 3.11. The Morgan fingerprint density at radius 2 is 1.59 bits per heavy atom. The molecule has 8 nitrogen and oxygen atoms in total. The molecule has 0 saturated heterocycles. The maximum absolute atomic E-state index is 13.2. The summed E-state index contributed by atoms with van der Waals surface area (Å²) in [7, 11) is 2.44. The van der Waals surface area contributed by atoms with Gasteiger partial charge in [-0.15, -0.1) is 0 Å². The van der Waals surface area contributed by atoms with E-state index in [0.717, 1.165) is 32.1 Å². The zero-order valence-corrected chi connectivity index (χ0v) is 18.0. The van der Waals surface area contributed by atoms with Crippen molar-refractivity contribution in [2.75, 3.05) is 19.1 Å². The molecule has 0 N–H and O–H groups in total. The van der Waals surface area contributed by atoms with E-state index in [1.165, 1.54) is 30.1 Å². The van der Waals surface area contributed by atoms with Crippen LogP contribution in [0.25, 0.3) is 0 Å². The van der Waals surface area contributed by atoms with Gasteiger partial charge in [-0.2, -0.15) is 0 Å². The fourth-order valence-electron chi connectivity index (χ4n) is 4.43. The molecule has 0 aromatic heterocycles. The van der Waals surface area contributed by atoms with Crippen molar-refractivity contribution in [3.8, 4) is 0 Å². The number of amides is 2. The second-order valence-electron chi connectivity index (χ2n) is 7.82. The number of imide groups is 1. The van der Waals surface area contributed by atoms with E-state index in [-0.39, 0.29) is 34.7 Å². The molecular formula is C24H24N2O6. The molecule has 166 valence electrons. The van der Waals surface area contributed by atoms with E-state index < -0.39 is 11.9 Å². The van der Waals surface area contributed by atoms with Gasteiger partial charge in [0.2, 0.25) is 0 Å². The molecule has 1 fully saturated rings. The van der Waals surface area contributed by atoms with Crippen molar-refractivity contribution in [1.29, 1.82) is 0 Å². The highest BCUT2D eigenvalue weighted by atomic mass is 16.5. The summed E-state index contributed by atoms with van der Waals surface area (Å²) in [6, 6.07) is 4.72. The number of ether oxygens (including phenoxy) is 2. The first-order valence-electron chi connectivity index (χ1n) is 10.5. The Bertz CT molecular complexity index is 1080. The number of esters is 2. The zero-order chi connectivity index (χ0) is 22.8. The van der Waals surface area contributed by atoms with Crippen molar-refractivity contribution in [2.45, 2.75) is 38.1 Å². The van der Waals surface area contributed by atoms with Crippen molar-refractivity contribution in [1.82, 2.24) is 4.90 Å². The fourth-order valence-corrected chi connectivity index (χ4v) is 4.43. The van der Waals surface area contributed by atoms with Gasteiger partial charge in [0.05, 0.1) is 30.9 Å². The minimum atomic E-state index is -0.742. The molecule has 4 rings (SSSR count). The first kappa shape index (κ1) is 21.5. The van der Waals surface area contributed by atoms with Gasteiger partial charge in [0.25, 0.3) is 11.8 Å². The van der Waals surface area contributed by atoms with Gasteiger partial charge >= 0.3 is 11.9 Å². The predicted molar refractivity (Wildman–Crippen MR) is 116 cm³/mol. The molecule has 0 spiro atoms. The third-order valence-electron chi connectivity index (χ3n) is 6.01. The summed E-state index contributed by atoms with van der Waals surface area (Å²) in [5.74, 6) is -2.05. The van der Waals surface area contributed by atoms with Gasteiger partial charge in [-0.05, 0) is 43.2 Å². The van der Waals surface area contributed by atoms with E-state index in [1.54, 1.807) is 36.6 Å².